The van der Waals surface area contributed by atoms with Crippen LogP contribution in [0.5, 0.6) is 5.75 Å². The number of alkyl carbamates (subject to hydrolysis) is 1. The summed E-state index contributed by atoms with van der Waals surface area (Å²) in [5.74, 6) is 7.53. The van der Waals surface area contributed by atoms with Gasteiger partial charge >= 0.3 is 6.09 Å². The Morgan fingerprint density at radius 2 is 1.83 bits per heavy atom. The number of ether oxygens (including phenoxy) is 2. The predicted octanol–water partition coefficient (Wildman–Crippen LogP) is 3.36. The van der Waals surface area contributed by atoms with Gasteiger partial charge in [-0.15, -0.1) is 0 Å². The smallest absolute Gasteiger partial charge is 0.407 e. The summed E-state index contributed by atoms with van der Waals surface area (Å²) in [7, 11) is 1.70. The molecule has 0 bridgehead atoms. The average molecular weight is 403 g/mol. The zero-order valence-corrected chi connectivity index (χ0v) is 17.4. The summed E-state index contributed by atoms with van der Waals surface area (Å²) in [4.78, 5) is 11.9. The van der Waals surface area contributed by atoms with E-state index >= 15 is 0 Å². The number of hydrogen-bond acceptors (Lipinski definition) is 6. The second kappa shape index (κ2) is 10.4. The molecule has 7 heteroatoms. The lowest BCUT2D eigenvalue weighted by Gasteiger charge is -2.23. The largest absolute Gasteiger partial charge is 0.490 e. The molecule has 2 aliphatic rings. The first kappa shape index (κ1) is 21.3. The van der Waals surface area contributed by atoms with E-state index in [9.17, 15) is 4.79 Å². The van der Waals surface area contributed by atoms with Crippen LogP contribution in [-0.4, -0.2) is 37.4 Å². The van der Waals surface area contributed by atoms with Crippen molar-refractivity contribution in [3.05, 3.63) is 35.5 Å². The lowest BCUT2D eigenvalue weighted by Crippen LogP contribution is -2.36. The van der Waals surface area contributed by atoms with E-state index in [1.807, 2.05) is 24.3 Å². The minimum Gasteiger partial charge on any atom is -0.490 e. The fourth-order valence-electron chi connectivity index (χ4n) is 3.60. The van der Waals surface area contributed by atoms with E-state index in [-0.39, 0.29) is 6.54 Å². The zero-order chi connectivity index (χ0) is 20.6. The van der Waals surface area contributed by atoms with Crippen LogP contribution in [0.15, 0.2) is 30.0 Å². The molecule has 0 unspecified atom stereocenters. The Hall–Kier alpha value is -2.41. The molecule has 0 aromatic heterocycles. The van der Waals surface area contributed by atoms with E-state index in [0.717, 1.165) is 36.5 Å². The van der Waals surface area contributed by atoms with E-state index in [1.54, 1.807) is 7.05 Å². The molecule has 7 nitrogen and oxygen atoms in total. The van der Waals surface area contributed by atoms with Crippen LogP contribution >= 0.6 is 0 Å². The second-order valence-electron chi connectivity index (χ2n) is 8.10. The van der Waals surface area contributed by atoms with Crippen molar-refractivity contribution >= 4 is 11.8 Å². The van der Waals surface area contributed by atoms with Gasteiger partial charge in [-0.1, -0.05) is 19.3 Å². The molecule has 1 amide bonds. The number of benzene rings is 1. The van der Waals surface area contributed by atoms with Crippen molar-refractivity contribution in [1.29, 1.82) is 0 Å². The van der Waals surface area contributed by atoms with E-state index < -0.39 is 6.09 Å². The number of hydrazine groups is 1. The first-order valence-electron chi connectivity index (χ1n) is 10.7. The lowest BCUT2D eigenvalue weighted by molar-refractivity contribution is 0.143. The van der Waals surface area contributed by atoms with E-state index in [2.05, 4.69) is 5.32 Å². The molecule has 1 aromatic carbocycles. The third-order valence-electron chi connectivity index (χ3n) is 5.61. The van der Waals surface area contributed by atoms with Gasteiger partial charge in [-0.25, -0.2) is 10.6 Å². The minimum atomic E-state index is -0.450. The maximum atomic E-state index is 11.9. The summed E-state index contributed by atoms with van der Waals surface area (Å²) >= 11 is 0. The molecule has 5 N–H and O–H groups in total. The molecule has 160 valence electrons. The number of carbonyl (C=O) groups excluding carboxylic acids is 1. The first-order chi connectivity index (χ1) is 14.0. The van der Waals surface area contributed by atoms with Crippen LogP contribution in [0.1, 0.15) is 56.9 Å². The Labute approximate surface area is 173 Å². The molecule has 1 aromatic rings. The van der Waals surface area contributed by atoms with Crippen LogP contribution in [0.4, 0.5) is 4.79 Å². The van der Waals surface area contributed by atoms with Gasteiger partial charge in [0.2, 0.25) is 0 Å². The van der Waals surface area contributed by atoms with Gasteiger partial charge in [0, 0.05) is 7.05 Å². The molecule has 2 fully saturated rings. The Bertz CT molecular complexity index is 693. The van der Waals surface area contributed by atoms with Crippen LogP contribution in [0.3, 0.4) is 0 Å². The number of rotatable bonds is 9. The van der Waals surface area contributed by atoms with Gasteiger partial charge in [-0.05, 0) is 67.9 Å². The fourth-order valence-corrected chi connectivity index (χ4v) is 3.60. The van der Waals surface area contributed by atoms with Gasteiger partial charge in [0.05, 0.1) is 30.6 Å². The quantitative estimate of drug-likeness (QED) is 0.432. The van der Waals surface area contributed by atoms with Crippen LogP contribution in [0, 0.1) is 5.92 Å². The van der Waals surface area contributed by atoms with Gasteiger partial charge in [0.25, 0.3) is 0 Å². The molecular weight excluding hydrogens is 368 g/mol. The number of carbonyl (C=O) groups is 1. The predicted molar refractivity (Wildman–Crippen MR) is 114 cm³/mol. The zero-order valence-electron chi connectivity index (χ0n) is 17.4. The Balaban J connectivity index is 1.55. The Morgan fingerprint density at radius 1 is 1.14 bits per heavy atom. The van der Waals surface area contributed by atoms with Crippen LogP contribution < -0.4 is 21.6 Å². The molecule has 0 saturated heterocycles. The van der Waals surface area contributed by atoms with Crippen LogP contribution in [-0.2, 0) is 4.74 Å². The molecule has 2 saturated carbocycles. The van der Waals surface area contributed by atoms with E-state index in [4.69, 9.17) is 21.1 Å². The topological polar surface area (TPSA) is 103 Å². The highest BCUT2D eigenvalue weighted by Crippen LogP contribution is 2.32. The molecule has 0 spiro atoms. The summed E-state index contributed by atoms with van der Waals surface area (Å²) in [6.07, 6.45) is 9.30. The standard InChI is InChI=1S/C22H34N4O3/c1-26(24)20(15-25-22(27)28-14-13-16-7-8-16)21(23)17-9-11-19(12-10-17)29-18-5-3-2-4-6-18/h9-12,16,18H,2-8,13-15,23-24H2,1H3,(H,25,27)/b21-20-. The third kappa shape index (κ3) is 6.85. The molecule has 0 aliphatic heterocycles. The minimum absolute atomic E-state index is 0.196. The molecule has 29 heavy (non-hydrogen) atoms. The summed E-state index contributed by atoms with van der Waals surface area (Å²) in [6, 6.07) is 7.71. The highest BCUT2D eigenvalue weighted by Gasteiger charge is 2.21. The molecular formula is C22H34N4O3. The highest BCUT2D eigenvalue weighted by molar-refractivity contribution is 5.70. The first-order valence-corrected chi connectivity index (χ1v) is 10.7. The van der Waals surface area contributed by atoms with Crippen molar-refractivity contribution in [2.24, 2.45) is 17.5 Å². The number of amides is 1. The fraction of sp³-hybridized carbons (Fsp3) is 0.591. The normalized spacial score (nSPS) is 18.0. The molecule has 3 rings (SSSR count). The van der Waals surface area contributed by atoms with E-state index in [1.165, 1.54) is 37.1 Å². The second-order valence-corrected chi connectivity index (χ2v) is 8.10. The Morgan fingerprint density at radius 3 is 2.45 bits per heavy atom. The number of hydrogen-bond donors (Lipinski definition) is 3. The summed E-state index contributed by atoms with van der Waals surface area (Å²) < 4.78 is 11.3. The molecule has 0 radical (unpaired) electrons. The highest BCUT2D eigenvalue weighted by atomic mass is 16.5. The lowest BCUT2D eigenvalue weighted by atomic mass is 9.98. The molecule has 0 heterocycles. The molecule has 2 aliphatic carbocycles. The van der Waals surface area contributed by atoms with Crippen LogP contribution in [0.25, 0.3) is 5.70 Å². The van der Waals surface area contributed by atoms with Gasteiger partial charge in [0.15, 0.2) is 0 Å². The summed E-state index contributed by atoms with van der Waals surface area (Å²) in [5, 5.41) is 4.15. The van der Waals surface area contributed by atoms with Crippen molar-refractivity contribution < 1.29 is 14.3 Å². The number of nitrogens with two attached hydrogens (primary N) is 2. The molecule has 0 atom stereocenters. The van der Waals surface area contributed by atoms with Crippen molar-refractivity contribution in [2.75, 3.05) is 20.2 Å². The monoisotopic (exact) mass is 402 g/mol. The van der Waals surface area contributed by atoms with E-state index in [0.29, 0.717) is 24.1 Å². The number of nitrogens with one attached hydrogen (secondary N) is 1. The van der Waals surface area contributed by atoms with Gasteiger partial charge in [-0.2, -0.15) is 0 Å². The SMILES string of the molecule is CN(N)/C(CNC(=O)OCCC1CC1)=C(\N)c1ccc(OC2CCCCC2)cc1. The third-order valence-corrected chi connectivity index (χ3v) is 5.61. The van der Waals surface area contributed by atoms with Crippen molar-refractivity contribution in [2.45, 2.75) is 57.5 Å². The summed E-state index contributed by atoms with van der Waals surface area (Å²) in [5.41, 5.74) is 8.29. The van der Waals surface area contributed by atoms with Gasteiger partial charge in [0.1, 0.15) is 5.75 Å². The number of likely N-dealkylation sites (N-methyl/N-ethyl adjacent to an activating group) is 1. The van der Waals surface area contributed by atoms with Crippen LogP contribution in [0.2, 0.25) is 0 Å². The van der Waals surface area contributed by atoms with Crippen molar-refractivity contribution in [3.8, 4) is 5.75 Å². The number of nitrogens with zero attached hydrogens (tertiary/aromatic N) is 1. The van der Waals surface area contributed by atoms with Crippen molar-refractivity contribution in [3.63, 3.8) is 0 Å². The maximum Gasteiger partial charge on any atom is 0.407 e. The summed E-state index contributed by atoms with van der Waals surface area (Å²) in [6.45, 7) is 0.646. The Kier molecular flexibility index (Phi) is 7.63. The maximum absolute atomic E-state index is 11.9. The van der Waals surface area contributed by atoms with Crippen molar-refractivity contribution in [1.82, 2.24) is 10.3 Å². The van der Waals surface area contributed by atoms with Gasteiger partial charge < -0.3 is 25.5 Å². The average Bonchev–Trinajstić information content (AvgIpc) is 3.53. The van der Waals surface area contributed by atoms with Gasteiger partial charge in [-0.3, -0.25) is 0 Å².